The molecule has 4 nitrogen and oxygen atoms in total. The van der Waals surface area contributed by atoms with Gasteiger partial charge in [0.1, 0.15) is 5.02 Å². The second kappa shape index (κ2) is 4.14. The van der Waals surface area contributed by atoms with Gasteiger partial charge in [0, 0.05) is 0 Å². The summed E-state index contributed by atoms with van der Waals surface area (Å²) in [6.07, 6.45) is -2.89. The maximum atomic E-state index is 12.2. The van der Waals surface area contributed by atoms with E-state index < -0.39 is 22.9 Å². The third-order valence-corrected chi connectivity index (χ3v) is 2.23. The van der Waals surface area contributed by atoms with Crippen LogP contribution in [0.4, 0.5) is 14.6 Å². The number of pyridine rings is 1. The number of rotatable bonds is 2. The van der Waals surface area contributed by atoms with Crippen molar-refractivity contribution >= 4 is 33.3 Å². The van der Waals surface area contributed by atoms with Crippen molar-refractivity contribution in [1.29, 1.82) is 0 Å². The van der Waals surface area contributed by atoms with Crippen LogP contribution in [0.15, 0.2) is 10.5 Å². The van der Waals surface area contributed by atoms with Crippen LogP contribution >= 0.6 is 27.5 Å². The third kappa shape index (κ3) is 2.16. The Balaban J connectivity index is 3.34. The normalized spacial score (nSPS) is 10.6. The second-order valence-electron chi connectivity index (χ2n) is 2.22. The first-order valence-electron chi connectivity index (χ1n) is 3.22. The van der Waals surface area contributed by atoms with Crippen molar-refractivity contribution in [2.75, 3.05) is 0 Å². The van der Waals surface area contributed by atoms with Crippen LogP contribution in [-0.2, 0) is 0 Å². The minimum Gasteiger partial charge on any atom is -0.358 e. The fraction of sp³-hybridized carbons (Fsp3) is 0.167. The van der Waals surface area contributed by atoms with Gasteiger partial charge >= 0.3 is 12.2 Å². The highest BCUT2D eigenvalue weighted by atomic mass is 79.9. The van der Waals surface area contributed by atoms with E-state index in [1.165, 1.54) is 0 Å². The molecule has 76 valence electrons. The number of aromatic nitrogens is 1. The van der Waals surface area contributed by atoms with Crippen molar-refractivity contribution in [1.82, 2.24) is 4.98 Å². The molecule has 0 aliphatic rings. The first-order valence-corrected chi connectivity index (χ1v) is 4.39. The Morgan fingerprint density at radius 3 is 2.64 bits per heavy atom. The van der Waals surface area contributed by atoms with Gasteiger partial charge in [0.25, 0.3) is 0 Å². The maximum Gasteiger partial charge on any atom is 0.382 e. The predicted octanol–water partition coefficient (Wildman–Crippen LogP) is 3.34. The lowest BCUT2D eigenvalue weighted by Gasteiger charge is -2.00. The van der Waals surface area contributed by atoms with Crippen LogP contribution < -0.4 is 0 Å². The monoisotopic (exact) mass is 286 g/mol. The molecule has 0 aliphatic heterocycles. The molecule has 8 heteroatoms. The van der Waals surface area contributed by atoms with Gasteiger partial charge in [-0.15, -0.1) is 0 Å². The van der Waals surface area contributed by atoms with Crippen LogP contribution in [0.2, 0.25) is 5.02 Å². The van der Waals surface area contributed by atoms with Crippen LogP contribution in [0.1, 0.15) is 12.1 Å². The Bertz CT molecular complexity index is 388. The van der Waals surface area contributed by atoms with E-state index in [4.69, 9.17) is 11.6 Å². The average Bonchev–Trinajstić information content (AvgIpc) is 2.02. The number of nitrogens with zero attached hydrogens (tertiary/aromatic N) is 2. The second-order valence-corrected chi connectivity index (χ2v) is 3.48. The van der Waals surface area contributed by atoms with Crippen LogP contribution in [0.25, 0.3) is 0 Å². The molecule has 1 heterocycles. The van der Waals surface area contributed by atoms with Gasteiger partial charge in [-0.3, -0.25) is 0 Å². The summed E-state index contributed by atoms with van der Waals surface area (Å²) in [5.74, 6) is -0.773. The minimum atomic E-state index is -2.89. The summed E-state index contributed by atoms with van der Waals surface area (Å²) in [4.78, 5) is 12.5. The molecule has 0 bridgehead atoms. The number of nitro groups is 1. The van der Waals surface area contributed by atoms with E-state index in [1.807, 2.05) is 0 Å². The van der Waals surface area contributed by atoms with E-state index in [0.717, 1.165) is 6.07 Å². The van der Waals surface area contributed by atoms with Crippen LogP contribution in [0.5, 0.6) is 0 Å². The first-order chi connectivity index (χ1) is 6.43. The van der Waals surface area contributed by atoms with Crippen LogP contribution in [-0.4, -0.2) is 9.91 Å². The van der Waals surface area contributed by atoms with Gasteiger partial charge in [-0.05, 0) is 31.9 Å². The van der Waals surface area contributed by atoms with Gasteiger partial charge in [-0.25, -0.2) is 8.78 Å². The lowest BCUT2D eigenvalue weighted by molar-refractivity contribution is -0.389. The molecule has 0 saturated carbocycles. The maximum absolute atomic E-state index is 12.2. The number of hydrogen-bond acceptors (Lipinski definition) is 3. The summed E-state index contributed by atoms with van der Waals surface area (Å²) in [7, 11) is 0. The Morgan fingerprint density at radius 1 is 1.64 bits per heavy atom. The van der Waals surface area contributed by atoms with Gasteiger partial charge in [0.2, 0.25) is 5.69 Å². The molecule has 1 aromatic rings. The molecule has 0 aliphatic carbocycles. The Morgan fingerprint density at radius 2 is 2.21 bits per heavy atom. The highest BCUT2D eigenvalue weighted by Gasteiger charge is 2.25. The van der Waals surface area contributed by atoms with Crippen molar-refractivity contribution in [3.05, 3.63) is 31.4 Å². The standard InChI is InChI=1S/C6H2BrClF2N2O2/c7-2-1-3(8)6(12(13)14)11-4(2)5(9)10/h1,5H. The van der Waals surface area contributed by atoms with Crippen molar-refractivity contribution < 1.29 is 13.7 Å². The minimum absolute atomic E-state index is 0.0527. The highest BCUT2D eigenvalue weighted by molar-refractivity contribution is 9.10. The predicted molar refractivity (Wildman–Crippen MR) is 48.6 cm³/mol. The summed E-state index contributed by atoms with van der Waals surface area (Å²) in [5.41, 5.74) is -0.693. The first kappa shape index (κ1) is 11.3. The number of halogens is 4. The lowest BCUT2D eigenvalue weighted by atomic mass is 10.3. The molecule has 0 amide bonds. The zero-order valence-electron chi connectivity index (χ0n) is 6.38. The summed E-state index contributed by atoms with van der Waals surface area (Å²) < 4.78 is 24.4. The van der Waals surface area contributed by atoms with Crippen LogP contribution in [0.3, 0.4) is 0 Å². The van der Waals surface area contributed by atoms with E-state index in [9.17, 15) is 18.9 Å². The average molecular weight is 287 g/mol. The lowest BCUT2D eigenvalue weighted by Crippen LogP contribution is -1.99. The summed E-state index contributed by atoms with van der Waals surface area (Å²) >= 11 is 8.20. The number of hydrogen-bond donors (Lipinski definition) is 0. The topological polar surface area (TPSA) is 56.0 Å². The van der Waals surface area contributed by atoms with E-state index in [-0.39, 0.29) is 9.50 Å². The van der Waals surface area contributed by atoms with Crippen molar-refractivity contribution in [2.24, 2.45) is 0 Å². The zero-order chi connectivity index (χ0) is 10.9. The zero-order valence-corrected chi connectivity index (χ0v) is 8.72. The molecule has 0 N–H and O–H groups in total. The molecule has 0 spiro atoms. The van der Waals surface area contributed by atoms with Crippen LogP contribution in [0, 0.1) is 10.1 Å². The van der Waals surface area contributed by atoms with E-state index in [0.29, 0.717) is 0 Å². The SMILES string of the molecule is O=[N+]([O-])c1nc(C(F)F)c(Br)cc1Cl. The quantitative estimate of drug-likeness (QED) is 0.619. The molecule has 1 aromatic heterocycles. The summed E-state index contributed by atoms with van der Waals surface area (Å²) in [6.45, 7) is 0. The molecule has 1 rings (SSSR count). The van der Waals surface area contributed by atoms with Crippen molar-refractivity contribution in [2.45, 2.75) is 6.43 Å². The van der Waals surface area contributed by atoms with Gasteiger partial charge in [-0.1, -0.05) is 11.6 Å². The summed E-state index contributed by atoms with van der Waals surface area (Å²) in [5, 5.41) is 10.0. The Hall–Kier alpha value is -0.820. The molecule has 0 saturated heterocycles. The molecule has 0 aromatic carbocycles. The smallest absolute Gasteiger partial charge is 0.358 e. The fourth-order valence-electron chi connectivity index (χ4n) is 0.752. The molecular weight excluding hydrogens is 285 g/mol. The van der Waals surface area contributed by atoms with E-state index in [1.54, 1.807) is 0 Å². The summed E-state index contributed by atoms with van der Waals surface area (Å²) in [6, 6.07) is 1.02. The fourth-order valence-corrected chi connectivity index (χ4v) is 1.59. The van der Waals surface area contributed by atoms with E-state index >= 15 is 0 Å². The number of alkyl halides is 2. The largest absolute Gasteiger partial charge is 0.382 e. The molecular formula is C6H2BrClF2N2O2. The van der Waals surface area contributed by atoms with Gasteiger partial charge in [0.05, 0.1) is 4.47 Å². The molecule has 0 fully saturated rings. The van der Waals surface area contributed by atoms with Gasteiger partial charge in [0.15, 0.2) is 0 Å². The molecule has 14 heavy (non-hydrogen) atoms. The highest BCUT2D eigenvalue weighted by Crippen LogP contribution is 2.32. The van der Waals surface area contributed by atoms with E-state index in [2.05, 4.69) is 20.9 Å². The Kier molecular flexibility index (Phi) is 3.33. The van der Waals surface area contributed by atoms with Gasteiger partial charge < -0.3 is 10.1 Å². The van der Waals surface area contributed by atoms with Crippen molar-refractivity contribution in [3.63, 3.8) is 0 Å². The molecule has 0 atom stereocenters. The molecule has 0 unspecified atom stereocenters. The van der Waals surface area contributed by atoms with Crippen molar-refractivity contribution in [3.8, 4) is 0 Å². The Labute approximate surface area is 90.2 Å². The van der Waals surface area contributed by atoms with Gasteiger partial charge in [-0.2, -0.15) is 0 Å². The third-order valence-electron chi connectivity index (χ3n) is 1.32. The molecule has 0 radical (unpaired) electrons.